The second kappa shape index (κ2) is 9.73. The van der Waals surface area contributed by atoms with Crippen molar-refractivity contribution in [1.29, 1.82) is 0 Å². The minimum absolute atomic E-state index is 0.216. The average molecular weight is 426 g/mol. The molecule has 0 saturated carbocycles. The predicted octanol–water partition coefficient (Wildman–Crippen LogP) is 1.43. The van der Waals surface area contributed by atoms with Crippen molar-refractivity contribution in [3.8, 4) is 0 Å². The molecule has 1 aromatic carbocycles. The summed E-state index contributed by atoms with van der Waals surface area (Å²) in [6, 6.07) is 3.96. The van der Waals surface area contributed by atoms with Crippen LogP contribution in [0.25, 0.3) is 0 Å². The molecule has 0 unspecified atom stereocenters. The van der Waals surface area contributed by atoms with Gasteiger partial charge < -0.3 is 10.1 Å². The van der Waals surface area contributed by atoms with E-state index in [1.54, 1.807) is 12.1 Å². The molecule has 10 heteroatoms. The Labute approximate surface area is 170 Å². The number of esters is 1. The van der Waals surface area contributed by atoms with Crippen LogP contribution in [0.5, 0.6) is 0 Å². The Balaban J connectivity index is 1.90. The molecule has 3 amide bonds. The van der Waals surface area contributed by atoms with Gasteiger partial charge in [-0.15, -0.1) is 0 Å². The van der Waals surface area contributed by atoms with Crippen LogP contribution < -0.4 is 14.9 Å². The van der Waals surface area contributed by atoms with E-state index in [9.17, 15) is 22.8 Å². The number of benzene rings is 1. The van der Waals surface area contributed by atoms with Crippen molar-refractivity contribution in [1.82, 2.24) is 10.6 Å². The largest absolute Gasteiger partial charge is 0.452 e. The summed E-state index contributed by atoms with van der Waals surface area (Å²) < 4.78 is 30.0. The minimum Gasteiger partial charge on any atom is -0.452 e. The molecule has 2 rings (SSSR count). The van der Waals surface area contributed by atoms with E-state index in [4.69, 9.17) is 4.74 Å². The zero-order chi connectivity index (χ0) is 21.6. The first-order valence-electron chi connectivity index (χ1n) is 9.43. The maximum absolute atomic E-state index is 12.2. The highest BCUT2D eigenvalue weighted by atomic mass is 32.2. The molecule has 1 aromatic rings. The number of fused-ring (bicyclic) bond motifs is 1. The third-order valence-electron chi connectivity index (χ3n) is 4.39. The van der Waals surface area contributed by atoms with Crippen LogP contribution in [-0.2, 0) is 26.0 Å². The molecule has 2 N–H and O–H groups in total. The van der Waals surface area contributed by atoms with E-state index in [0.29, 0.717) is 37.5 Å². The lowest BCUT2D eigenvalue weighted by Crippen LogP contribution is -2.42. The van der Waals surface area contributed by atoms with Gasteiger partial charge in [0.2, 0.25) is 10.0 Å². The highest BCUT2D eigenvalue weighted by molar-refractivity contribution is 7.92. The molecule has 0 saturated heterocycles. The first kappa shape index (κ1) is 22.7. The highest BCUT2D eigenvalue weighted by Gasteiger charge is 2.25. The van der Waals surface area contributed by atoms with E-state index < -0.39 is 34.5 Å². The zero-order valence-corrected chi connectivity index (χ0v) is 17.7. The first-order valence-corrected chi connectivity index (χ1v) is 11.3. The topological polar surface area (TPSA) is 122 Å². The Morgan fingerprint density at radius 1 is 1.24 bits per heavy atom. The van der Waals surface area contributed by atoms with Crippen molar-refractivity contribution in [3.05, 3.63) is 29.3 Å². The Morgan fingerprint density at radius 3 is 2.62 bits per heavy atom. The molecule has 29 heavy (non-hydrogen) atoms. The molecular formula is C19H27N3O6S. The fraction of sp³-hybridized carbons (Fsp3) is 0.526. The second-order valence-corrected chi connectivity index (χ2v) is 9.25. The lowest BCUT2D eigenvalue weighted by atomic mass is 10.0. The van der Waals surface area contributed by atoms with Crippen LogP contribution in [0.4, 0.5) is 10.5 Å². The number of rotatable bonds is 7. The third-order valence-corrected chi connectivity index (χ3v) is 5.57. The van der Waals surface area contributed by atoms with Crippen molar-refractivity contribution in [2.24, 2.45) is 5.92 Å². The van der Waals surface area contributed by atoms with Gasteiger partial charge in [0.15, 0.2) is 6.61 Å². The number of urea groups is 1. The molecule has 0 atom stereocenters. The SMILES string of the molecule is CC(C)CCNC(=O)NC(=O)COC(=O)c1ccc2c(c1)CCCN2S(C)(=O)=O. The summed E-state index contributed by atoms with van der Waals surface area (Å²) in [6.07, 6.45) is 3.21. The maximum atomic E-state index is 12.2. The number of anilines is 1. The minimum atomic E-state index is -3.39. The smallest absolute Gasteiger partial charge is 0.338 e. The van der Waals surface area contributed by atoms with E-state index in [1.165, 1.54) is 10.4 Å². The van der Waals surface area contributed by atoms with E-state index in [0.717, 1.165) is 18.2 Å². The van der Waals surface area contributed by atoms with Gasteiger partial charge in [-0.1, -0.05) is 13.8 Å². The lowest BCUT2D eigenvalue weighted by Gasteiger charge is -2.29. The fourth-order valence-corrected chi connectivity index (χ4v) is 3.93. The van der Waals surface area contributed by atoms with Gasteiger partial charge >= 0.3 is 12.0 Å². The summed E-state index contributed by atoms with van der Waals surface area (Å²) in [5.41, 5.74) is 1.49. The number of hydrogen-bond acceptors (Lipinski definition) is 6. The zero-order valence-electron chi connectivity index (χ0n) is 16.9. The number of amides is 3. The number of nitrogens with one attached hydrogen (secondary N) is 2. The van der Waals surface area contributed by atoms with E-state index >= 15 is 0 Å². The summed E-state index contributed by atoms with van der Waals surface area (Å²) in [5, 5.41) is 4.64. The molecule has 1 aliphatic rings. The van der Waals surface area contributed by atoms with Gasteiger partial charge in [0.25, 0.3) is 5.91 Å². The monoisotopic (exact) mass is 425 g/mol. The Kier molecular flexibility index (Phi) is 7.60. The van der Waals surface area contributed by atoms with Crippen molar-refractivity contribution in [3.63, 3.8) is 0 Å². The van der Waals surface area contributed by atoms with Gasteiger partial charge in [0.1, 0.15) is 0 Å². The molecule has 1 aliphatic heterocycles. The van der Waals surface area contributed by atoms with Crippen LogP contribution in [0.1, 0.15) is 42.6 Å². The summed E-state index contributed by atoms with van der Waals surface area (Å²) in [5.74, 6) is -1.03. The molecule has 160 valence electrons. The van der Waals surface area contributed by atoms with Crippen molar-refractivity contribution < 1.29 is 27.5 Å². The average Bonchev–Trinajstić information content (AvgIpc) is 2.64. The lowest BCUT2D eigenvalue weighted by molar-refractivity contribution is -0.123. The normalized spacial score (nSPS) is 13.6. The van der Waals surface area contributed by atoms with Gasteiger partial charge in [-0.2, -0.15) is 0 Å². The molecule has 0 aromatic heterocycles. The van der Waals surface area contributed by atoms with Gasteiger partial charge in [-0.3, -0.25) is 14.4 Å². The number of nitrogens with zero attached hydrogens (tertiary/aromatic N) is 1. The van der Waals surface area contributed by atoms with Crippen LogP contribution in [0, 0.1) is 5.92 Å². The quantitative estimate of drug-likeness (QED) is 0.637. The summed E-state index contributed by atoms with van der Waals surface area (Å²) >= 11 is 0. The van der Waals surface area contributed by atoms with Crippen molar-refractivity contribution in [2.45, 2.75) is 33.1 Å². The number of aryl methyl sites for hydroxylation is 1. The number of sulfonamides is 1. The standard InChI is InChI=1S/C19H27N3O6S/c1-13(2)8-9-20-19(25)21-17(23)12-28-18(24)15-6-7-16-14(11-15)5-4-10-22(16)29(3,26)27/h6-7,11,13H,4-5,8-10,12H2,1-3H3,(H2,20,21,23,25). The summed E-state index contributed by atoms with van der Waals surface area (Å²) in [6.45, 7) is 4.28. The van der Waals surface area contributed by atoms with Crippen LogP contribution in [0.15, 0.2) is 18.2 Å². The Bertz CT molecular complexity index is 882. The van der Waals surface area contributed by atoms with Gasteiger partial charge in [0, 0.05) is 13.1 Å². The Hall–Kier alpha value is -2.62. The number of carbonyl (C=O) groups excluding carboxylic acids is 3. The van der Waals surface area contributed by atoms with Crippen LogP contribution in [0.2, 0.25) is 0 Å². The summed E-state index contributed by atoms with van der Waals surface area (Å²) in [7, 11) is -3.39. The van der Waals surface area contributed by atoms with E-state index in [2.05, 4.69) is 10.6 Å². The molecule has 9 nitrogen and oxygen atoms in total. The van der Waals surface area contributed by atoms with Crippen LogP contribution in [0.3, 0.4) is 0 Å². The van der Waals surface area contributed by atoms with Crippen molar-refractivity contribution in [2.75, 3.05) is 30.3 Å². The van der Waals surface area contributed by atoms with E-state index in [-0.39, 0.29) is 5.56 Å². The predicted molar refractivity (Wildman–Crippen MR) is 108 cm³/mol. The van der Waals surface area contributed by atoms with Gasteiger partial charge in [-0.05, 0) is 48.9 Å². The number of ether oxygens (including phenoxy) is 1. The van der Waals surface area contributed by atoms with E-state index in [1.807, 2.05) is 13.8 Å². The fourth-order valence-electron chi connectivity index (χ4n) is 2.93. The Morgan fingerprint density at radius 2 is 1.97 bits per heavy atom. The number of hydrogen-bond donors (Lipinski definition) is 2. The van der Waals surface area contributed by atoms with Crippen molar-refractivity contribution >= 4 is 33.6 Å². The molecule has 0 spiro atoms. The van der Waals surface area contributed by atoms with Crippen LogP contribution >= 0.6 is 0 Å². The molecule has 0 radical (unpaired) electrons. The number of imide groups is 1. The second-order valence-electron chi connectivity index (χ2n) is 7.34. The molecule has 0 aliphatic carbocycles. The molecule has 0 fully saturated rings. The summed E-state index contributed by atoms with van der Waals surface area (Å²) in [4.78, 5) is 35.5. The molecule has 1 heterocycles. The molecular weight excluding hydrogens is 398 g/mol. The number of carbonyl (C=O) groups is 3. The van der Waals surface area contributed by atoms with Crippen LogP contribution in [-0.4, -0.2) is 52.3 Å². The molecule has 0 bridgehead atoms. The third kappa shape index (κ3) is 6.74. The van der Waals surface area contributed by atoms with Gasteiger partial charge in [-0.25, -0.2) is 18.0 Å². The first-order chi connectivity index (χ1) is 13.6. The highest BCUT2D eigenvalue weighted by Crippen LogP contribution is 2.30. The maximum Gasteiger partial charge on any atom is 0.338 e. The van der Waals surface area contributed by atoms with Gasteiger partial charge in [0.05, 0.1) is 17.5 Å².